The number of hydrazone groups is 1. The highest BCUT2D eigenvalue weighted by atomic mass is 35.5. The van der Waals surface area contributed by atoms with Gasteiger partial charge in [0.2, 0.25) is 0 Å². The zero-order chi connectivity index (χ0) is 27.6. The van der Waals surface area contributed by atoms with E-state index in [1.54, 1.807) is 37.6 Å². The second-order valence-electron chi connectivity index (χ2n) is 8.00. The molecule has 0 aliphatic rings. The highest BCUT2D eigenvalue weighted by Gasteiger charge is 2.17. The van der Waals surface area contributed by atoms with E-state index in [9.17, 15) is 4.79 Å². The van der Waals surface area contributed by atoms with Gasteiger partial charge in [0, 0.05) is 16.3 Å². The van der Waals surface area contributed by atoms with Crippen LogP contribution in [0.15, 0.2) is 77.0 Å². The Balaban J connectivity index is 1.48. The molecule has 4 aromatic rings. The van der Waals surface area contributed by atoms with Gasteiger partial charge < -0.3 is 14.2 Å². The number of carbonyl (C=O) groups is 1. The molecule has 0 aliphatic heterocycles. The van der Waals surface area contributed by atoms with E-state index in [0.717, 1.165) is 22.6 Å². The lowest BCUT2D eigenvalue weighted by Crippen LogP contribution is -2.20. The van der Waals surface area contributed by atoms with Crippen molar-refractivity contribution in [2.45, 2.75) is 19.0 Å². The summed E-state index contributed by atoms with van der Waals surface area (Å²) in [7, 11) is 1.57. The lowest BCUT2D eigenvalue weighted by Gasteiger charge is -2.11. The number of rotatable bonds is 12. The Morgan fingerprint density at radius 3 is 2.44 bits per heavy atom. The molecule has 1 aromatic heterocycles. The van der Waals surface area contributed by atoms with E-state index in [1.807, 2.05) is 60.9 Å². The van der Waals surface area contributed by atoms with Gasteiger partial charge in [-0.15, -0.1) is 10.2 Å². The van der Waals surface area contributed by atoms with Crippen molar-refractivity contribution < 1.29 is 19.0 Å². The number of nitrogens with zero attached hydrogens (tertiary/aromatic N) is 4. The fourth-order valence-corrected chi connectivity index (χ4v) is 4.49. The summed E-state index contributed by atoms with van der Waals surface area (Å²) in [6.45, 7) is 4.95. The molecule has 0 radical (unpaired) electrons. The first kappa shape index (κ1) is 28.0. The largest absolute Gasteiger partial charge is 0.494 e. The van der Waals surface area contributed by atoms with Crippen molar-refractivity contribution >= 4 is 35.5 Å². The van der Waals surface area contributed by atoms with E-state index < -0.39 is 0 Å². The lowest BCUT2D eigenvalue weighted by molar-refractivity contribution is -0.118. The summed E-state index contributed by atoms with van der Waals surface area (Å²) in [5.41, 5.74) is 4.98. The van der Waals surface area contributed by atoms with Crippen molar-refractivity contribution in [3.05, 3.63) is 77.3 Å². The Hall–Kier alpha value is -4.02. The summed E-state index contributed by atoms with van der Waals surface area (Å²) < 4.78 is 18.3. The Kier molecular flexibility index (Phi) is 9.82. The molecule has 1 amide bonds. The van der Waals surface area contributed by atoms with E-state index in [1.165, 1.54) is 11.8 Å². The molecule has 0 aliphatic carbocycles. The molecule has 0 bridgehead atoms. The molecule has 39 heavy (non-hydrogen) atoms. The van der Waals surface area contributed by atoms with Gasteiger partial charge in [0.05, 0.1) is 32.3 Å². The highest BCUT2D eigenvalue weighted by Crippen LogP contribution is 2.30. The third kappa shape index (κ3) is 7.30. The van der Waals surface area contributed by atoms with Crippen LogP contribution in [-0.2, 0) is 4.79 Å². The second kappa shape index (κ2) is 13.7. The maximum absolute atomic E-state index is 12.6. The molecule has 0 saturated carbocycles. The maximum atomic E-state index is 12.6. The predicted molar refractivity (Wildman–Crippen MR) is 154 cm³/mol. The molecule has 202 valence electrons. The van der Waals surface area contributed by atoms with Crippen molar-refractivity contribution in [1.29, 1.82) is 0 Å². The van der Waals surface area contributed by atoms with Gasteiger partial charge in [-0.05, 0) is 86.1 Å². The van der Waals surface area contributed by atoms with E-state index >= 15 is 0 Å². The summed E-state index contributed by atoms with van der Waals surface area (Å²) in [6.07, 6.45) is 1.54. The first-order chi connectivity index (χ1) is 19.0. The quantitative estimate of drug-likeness (QED) is 0.135. The number of ether oxygens (including phenoxy) is 3. The van der Waals surface area contributed by atoms with Gasteiger partial charge in [-0.25, -0.2) is 5.43 Å². The van der Waals surface area contributed by atoms with Gasteiger partial charge in [0.25, 0.3) is 5.91 Å². The minimum Gasteiger partial charge on any atom is -0.494 e. The molecule has 9 nitrogen and oxygen atoms in total. The van der Waals surface area contributed by atoms with E-state index in [2.05, 4.69) is 20.7 Å². The van der Waals surface area contributed by atoms with Gasteiger partial charge in [-0.3, -0.25) is 9.36 Å². The average Bonchev–Trinajstić information content (AvgIpc) is 3.37. The number of carbonyl (C=O) groups excluding carboxylic acids is 1. The number of nitrogens with one attached hydrogen (secondary N) is 1. The zero-order valence-electron chi connectivity index (χ0n) is 21.8. The van der Waals surface area contributed by atoms with Crippen LogP contribution in [0.4, 0.5) is 0 Å². The standard InChI is InChI=1S/C28H28ClN5O4S/c1-4-37-23-13-11-22(12-14-23)34-27(20-7-9-21(29)10-8-20)32-33-28(34)39-18-26(35)31-30-17-19-6-15-24(38-5-2)25(16-19)36-3/h6-17H,4-5,18H2,1-3H3,(H,31,35)/b30-17-. The summed E-state index contributed by atoms with van der Waals surface area (Å²) in [4.78, 5) is 12.6. The summed E-state index contributed by atoms with van der Waals surface area (Å²) in [5, 5.41) is 14.0. The fraction of sp³-hybridized carbons (Fsp3) is 0.214. The third-order valence-corrected chi connectivity index (χ3v) is 6.55. The third-order valence-electron chi connectivity index (χ3n) is 5.36. The SMILES string of the molecule is CCOc1ccc(-n2c(SCC(=O)N/N=C\c3ccc(OCC)c(OC)c3)nnc2-c2ccc(Cl)cc2)cc1. The van der Waals surface area contributed by atoms with Crippen LogP contribution < -0.4 is 19.6 Å². The van der Waals surface area contributed by atoms with Crippen molar-refractivity contribution in [2.24, 2.45) is 5.10 Å². The molecule has 11 heteroatoms. The van der Waals surface area contributed by atoms with Crippen LogP contribution in [0.25, 0.3) is 17.1 Å². The molecular weight excluding hydrogens is 538 g/mol. The van der Waals surface area contributed by atoms with E-state index in [-0.39, 0.29) is 11.7 Å². The number of methoxy groups -OCH3 is 1. The zero-order valence-corrected chi connectivity index (χ0v) is 23.3. The number of aromatic nitrogens is 3. The summed E-state index contributed by atoms with van der Waals surface area (Å²) in [5.74, 6) is 2.42. The van der Waals surface area contributed by atoms with E-state index in [4.69, 9.17) is 25.8 Å². The Labute approximate surface area is 236 Å². The van der Waals surface area contributed by atoms with Crippen LogP contribution in [0.5, 0.6) is 17.2 Å². The molecule has 1 heterocycles. The molecule has 0 spiro atoms. The minimum atomic E-state index is -0.288. The molecule has 0 atom stereocenters. The molecule has 3 aromatic carbocycles. The van der Waals surface area contributed by atoms with Crippen LogP contribution in [0, 0.1) is 0 Å². The number of hydrogen-bond acceptors (Lipinski definition) is 8. The number of benzene rings is 3. The average molecular weight is 566 g/mol. The van der Waals surface area contributed by atoms with Crippen LogP contribution in [0.1, 0.15) is 19.4 Å². The first-order valence-electron chi connectivity index (χ1n) is 12.2. The lowest BCUT2D eigenvalue weighted by atomic mass is 10.2. The van der Waals surface area contributed by atoms with E-state index in [0.29, 0.717) is 40.7 Å². The van der Waals surface area contributed by atoms with Crippen LogP contribution in [-0.4, -0.2) is 53.0 Å². The summed E-state index contributed by atoms with van der Waals surface area (Å²) in [6, 6.07) is 20.4. The monoisotopic (exact) mass is 565 g/mol. The van der Waals surface area contributed by atoms with Crippen molar-refractivity contribution in [1.82, 2.24) is 20.2 Å². The Morgan fingerprint density at radius 1 is 1.00 bits per heavy atom. The van der Waals surface area contributed by atoms with Crippen molar-refractivity contribution in [3.8, 4) is 34.3 Å². The molecule has 1 N–H and O–H groups in total. The molecule has 0 fully saturated rings. The van der Waals surface area contributed by atoms with Crippen LogP contribution in [0.3, 0.4) is 0 Å². The van der Waals surface area contributed by atoms with Crippen LogP contribution >= 0.6 is 23.4 Å². The van der Waals surface area contributed by atoms with Gasteiger partial charge in [-0.2, -0.15) is 5.10 Å². The molecule has 4 rings (SSSR count). The normalized spacial score (nSPS) is 11.0. The smallest absolute Gasteiger partial charge is 0.250 e. The topological polar surface area (TPSA) is 99.9 Å². The number of halogens is 1. The molecular formula is C28H28ClN5O4S. The molecule has 0 saturated heterocycles. The number of hydrogen-bond donors (Lipinski definition) is 1. The molecule has 0 unspecified atom stereocenters. The fourth-order valence-electron chi connectivity index (χ4n) is 3.62. The number of thioether (sulfide) groups is 1. The Bertz CT molecular complexity index is 1430. The highest BCUT2D eigenvalue weighted by molar-refractivity contribution is 7.99. The second-order valence-corrected chi connectivity index (χ2v) is 9.38. The van der Waals surface area contributed by atoms with Gasteiger partial charge in [0.1, 0.15) is 5.75 Å². The van der Waals surface area contributed by atoms with Crippen LogP contribution in [0.2, 0.25) is 5.02 Å². The van der Waals surface area contributed by atoms with Gasteiger partial charge in [0.15, 0.2) is 22.5 Å². The maximum Gasteiger partial charge on any atom is 0.250 e. The minimum absolute atomic E-state index is 0.0831. The van der Waals surface area contributed by atoms with Crippen molar-refractivity contribution in [2.75, 3.05) is 26.1 Å². The van der Waals surface area contributed by atoms with Gasteiger partial charge >= 0.3 is 0 Å². The first-order valence-corrected chi connectivity index (χ1v) is 13.6. The summed E-state index contributed by atoms with van der Waals surface area (Å²) >= 11 is 7.33. The van der Waals surface area contributed by atoms with Gasteiger partial charge in [-0.1, -0.05) is 23.4 Å². The van der Waals surface area contributed by atoms with Crippen molar-refractivity contribution in [3.63, 3.8) is 0 Å². The Morgan fingerprint density at radius 2 is 1.74 bits per heavy atom. The predicted octanol–water partition coefficient (Wildman–Crippen LogP) is 5.64. The number of amides is 1.